The highest BCUT2D eigenvalue weighted by Gasteiger charge is 2.35. The smallest absolute Gasteiger partial charge is 0.243 e. The Hall–Kier alpha value is -0.960. The summed E-state index contributed by atoms with van der Waals surface area (Å²) in [4.78, 5) is 17.2. The topological polar surface area (TPSA) is 60.9 Å². The summed E-state index contributed by atoms with van der Waals surface area (Å²) in [6.45, 7) is 3.96. The van der Waals surface area contributed by atoms with Gasteiger partial charge in [0.25, 0.3) is 0 Å². The molecule has 0 spiro atoms. The lowest BCUT2D eigenvalue weighted by Crippen LogP contribution is -2.52. The molecule has 1 aromatic rings. The Kier molecular flexibility index (Phi) is 5.82. The minimum atomic E-state index is -3.55. The van der Waals surface area contributed by atoms with Crippen LogP contribution in [-0.4, -0.2) is 74.7 Å². The first kappa shape index (κ1) is 18.8. The molecule has 138 valence electrons. The molecule has 0 radical (unpaired) electrons. The molecule has 8 heteroatoms. The van der Waals surface area contributed by atoms with Gasteiger partial charge < -0.3 is 9.80 Å². The predicted molar refractivity (Wildman–Crippen MR) is 99.7 cm³/mol. The predicted octanol–water partition coefficient (Wildman–Crippen LogP) is 1.62. The lowest BCUT2D eigenvalue weighted by atomic mass is 9.98. The Morgan fingerprint density at radius 1 is 1.08 bits per heavy atom. The molecule has 2 saturated heterocycles. The molecule has 2 aliphatic rings. The van der Waals surface area contributed by atoms with E-state index in [1.807, 2.05) is 4.90 Å². The molecule has 1 aromatic carbocycles. The fraction of sp³-hybridized carbons (Fsp3) is 0.588. The van der Waals surface area contributed by atoms with Gasteiger partial charge in [0.2, 0.25) is 15.9 Å². The molecule has 1 amide bonds. The van der Waals surface area contributed by atoms with Crippen LogP contribution >= 0.6 is 15.9 Å². The van der Waals surface area contributed by atoms with Gasteiger partial charge in [0, 0.05) is 43.7 Å². The van der Waals surface area contributed by atoms with Crippen molar-refractivity contribution in [2.45, 2.75) is 17.7 Å². The molecule has 25 heavy (non-hydrogen) atoms. The third-order valence-electron chi connectivity index (χ3n) is 5.00. The summed E-state index contributed by atoms with van der Waals surface area (Å²) in [7, 11) is -1.50. The van der Waals surface area contributed by atoms with Crippen molar-refractivity contribution in [1.82, 2.24) is 14.1 Å². The van der Waals surface area contributed by atoms with Crippen LogP contribution in [0.5, 0.6) is 0 Å². The molecule has 6 nitrogen and oxygen atoms in total. The van der Waals surface area contributed by atoms with Crippen LogP contribution in [0, 0.1) is 5.92 Å². The molecule has 1 unspecified atom stereocenters. The van der Waals surface area contributed by atoms with Crippen LogP contribution in [-0.2, 0) is 14.8 Å². The molecule has 2 fully saturated rings. The van der Waals surface area contributed by atoms with E-state index < -0.39 is 10.0 Å². The van der Waals surface area contributed by atoms with Crippen LogP contribution in [0.15, 0.2) is 33.6 Å². The second-order valence-electron chi connectivity index (χ2n) is 6.78. The van der Waals surface area contributed by atoms with E-state index in [1.54, 1.807) is 24.3 Å². The zero-order chi connectivity index (χ0) is 18.0. The van der Waals surface area contributed by atoms with Gasteiger partial charge >= 0.3 is 0 Å². The Labute approximate surface area is 158 Å². The first-order valence-electron chi connectivity index (χ1n) is 8.61. The van der Waals surface area contributed by atoms with Crippen molar-refractivity contribution < 1.29 is 13.2 Å². The minimum absolute atomic E-state index is 0.101. The average Bonchev–Trinajstić information content (AvgIpc) is 2.62. The highest BCUT2D eigenvalue weighted by atomic mass is 79.9. The van der Waals surface area contributed by atoms with E-state index in [1.165, 1.54) is 4.31 Å². The number of piperazine rings is 1. The molecule has 0 saturated carbocycles. The lowest BCUT2D eigenvalue weighted by Gasteiger charge is -2.37. The van der Waals surface area contributed by atoms with E-state index >= 15 is 0 Å². The van der Waals surface area contributed by atoms with Crippen molar-refractivity contribution in [2.24, 2.45) is 5.92 Å². The van der Waals surface area contributed by atoms with Gasteiger partial charge in [-0.3, -0.25) is 4.79 Å². The summed E-state index contributed by atoms with van der Waals surface area (Å²) < 4.78 is 28.0. The Morgan fingerprint density at radius 3 is 2.36 bits per heavy atom. The van der Waals surface area contributed by atoms with Crippen molar-refractivity contribution in [3.8, 4) is 0 Å². The Bertz CT molecular complexity index is 715. The maximum Gasteiger partial charge on any atom is 0.243 e. The molecular formula is C17H24BrN3O3S. The van der Waals surface area contributed by atoms with Gasteiger partial charge in [0.15, 0.2) is 0 Å². The number of rotatable bonds is 3. The van der Waals surface area contributed by atoms with E-state index in [9.17, 15) is 13.2 Å². The quantitative estimate of drug-likeness (QED) is 0.732. The largest absolute Gasteiger partial charge is 0.340 e. The molecule has 1 atom stereocenters. The Morgan fingerprint density at radius 2 is 1.72 bits per heavy atom. The summed E-state index contributed by atoms with van der Waals surface area (Å²) in [5, 5.41) is 0. The molecule has 0 aliphatic carbocycles. The van der Waals surface area contributed by atoms with Crippen molar-refractivity contribution in [3.05, 3.63) is 28.7 Å². The summed E-state index contributed by atoms with van der Waals surface area (Å²) in [6.07, 6.45) is 1.48. The van der Waals surface area contributed by atoms with Crippen LogP contribution in [0.25, 0.3) is 0 Å². The van der Waals surface area contributed by atoms with Crippen LogP contribution in [0.4, 0.5) is 0 Å². The molecule has 0 bridgehead atoms. The van der Waals surface area contributed by atoms with Crippen molar-refractivity contribution in [1.29, 1.82) is 0 Å². The second kappa shape index (κ2) is 7.73. The maximum atomic E-state index is 12.9. The zero-order valence-electron chi connectivity index (χ0n) is 14.4. The van der Waals surface area contributed by atoms with E-state index in [-0.39, 0.29) is 23.3 Å². The molecular weight excluding hydrogens is 406 g/mol. The first-order valence-corrected chi connectivity index (χ1v) is 10.8. The number of carbonyl (C=O) groups excluding carboxylic acids is 1. The first-order chi connectivity index (χ1) is 11.9. The van der Waals surface area contributed by atoms with Gasteiger partial charge in [-0.2, -0.15) is 4.31 Å². The van der Waals surface area contributed by atoms with Gasteiger partial charge in [-0.05, 0) is 44.2 Å². The van der Waals surface area contributed by atoms with Crippen molar-refractivity contribution in [3.63, 3.8) is 0 Å². The molecule has 0 N–H and O–H groups in total. The van der Waals surface area contributed by atoms with Crippen LogP contribution < -0.4 is 0 Å². The van der Waals surface area contributed by atoms with Gasteiger partial charge in [0.1, 0.15) is 0 Å². The van der Waals surface area contributed by atoms with Crippen LogP contribution in [0.3, 0.4) is 0 Å². The zero-order valence-corrected chi connectivity index (χ0v) is 16.8. The standard InChI is InChI=1S/C17H24BrN3O3S/c1-19-9-11-20(12-10-19)17(22)14-3-2-8-21(13-14)25(23,24)16-6-4-15(18)5-7-16/h4-7,14H,2-3,8-13H2,1H3. The van der Waals surface area contributed by atoms with Crippen LogP contribution in [0.1, 0.15) is 12.8 Å². The number of piperidine rings is 1. The second-order valence-corrected chi connectivity index (χ2v) is 9.64. The number of hydrogen-bond acceptors (Lipinski definition) is 4. The van der Waals surface area contributed by atoms with Gasteiger partial charge in [-0.15, -0.1) is 0 Å². The molecule has 3 rings (SSSR count). The average molecular weight is 430 g/mol. The van der Waals surface area contributed by atoms with Gasteiger partial charge in [-0.1, -0.05) is 15.9 Å². The summed E-state index contributed by atoms with van der Waals surface area (Å²) in [5.74, 6) is -0.133. The van der Waals surface area contributed by atoms with Crippen LogP contribution in [0.2, 0.25) is 0 Å². The third-order valence-corrected chi connectivity index (χ3v) is 7.41. The number of sulfonamides is 1. The fourth-order valence-corrected chi connectivity index (χ4v) is 5.19. The van der Waals surface area contributed by atoms with Gasteiger partial charge in [0.05, 0.1) is 10.8 Å². The van der Waals surface area contributed by atoms with Gasteiger partial charge in [-0.25, -0.2) is 8.42 Å². The highest BCUT2D eigenvalue weighted by molar-refractivity contribution is 9.10. The summed E-state index contributed by atoms with van der Waals surface area (Å²) in [5.41, 5.74) is 0. The number of carbonyl (C=O) groups is 1. The van der Waals surface area contributed by atoms with Crippen molar-refractivity contribution >= 4 is 31.9 Å². The number of amides is 1. The fourth-order valence-electron chi connectivity index (χ4n) is 3.40. The molecule has 2 heterocycles. The summed E-state index contributed by atoms with van der Waals surface area (Å²) in [6, 6.07) is 6.66. The van der Waals surface area contributed by atoms with E-state index in [0.29, 0.717) is 6.54 Å². The monoisotopic (exact) mass is 429 g/mol. The van der Waals surface area contributed by atoms with E-state index in [2.05, 4.69) is 27.9 Å². The number of likely N-dealkylation sites (N-methyl/N-ethyl adjacent to an activating group) is 1. The number of nitrogens with zero attached hydrogens (tertiary/aromatic N) is 3. The normalized spacial score (nSPS) is 23.6. The number of halogens is 1. The third kappa shape index (κ3) is 4.24. The number of hydrogen-bond donors (Lipinski definition) is 0. The number of benzene rings is 1. The lowest BCUT2D eigenvalue weighted by molar-refractivity contribution is -0.138. The maximum absolute atomic E-state index is 12.9. The minimum Gasteiger partial charge on any atom is -0.340 e. The Balaban J connectivity index is 1.70. The SMILES string of the molecule is CN1CCN(C(=O)C2CCCN(S(=O)(=O)c3ccc(Br)cc3)C2)CC1. The summed E-state index contributed by atoms with van der Waals surface area (Å²) >= 11 is 3.32. The molecule has 2 aliphatic heterocycles. The van der Waals surface area contributed by atoms with Crippen molar-refractivity contribution in [2.75, 3.05) is 46.3 Å². The van der Waals surface area contributed by atoms with E-state index in [4.69, 9.17) is 0 Å². The molecule has 0 aromatic heterocycles. The van der Waals surface area contributed by atoms with E-state index in [0.717, 1.165) is 43.5 Å². The highest BCUT2D eigenvalue weighted by Crippen LogP contribution is 2.26.